The van der Waals surface area contributed by atoms with Crippen molar-refractivity contribution < 1.29 is 13.9 Å². The van der Waals surface area contributed by atoms with Gasteiger partial charge in [-0.2, -0.15) is 0 Å². The van der Waals surface area contributed by atoms with E-state index < -0.39 is 8.32 Å². The molecule has 0 saturated carbocycles. The highest BCUT2D eigenvalue weighted by atomic mass is 35.5. The Morgan fingerprint density at radius 1 is 1.05 bits per heavy atom. The average molecular weight is 542 g/mol. The molecule has 2 aliphatic rings. The molecule has 2 aromatic rings. The van der Waals surface area contributed by atoms with Crippen molar-refractivity contribution in [3.63, 3.8) is 0 Å². The molecule has 1 unspecified atom stereocenters. The molecule has 202 valence electrons. The Hall–Kier alpha value is -1.79. The van der Waals surface area contributed by atoms with E-state index >= 15 is 0 Å². The van der Waals surface area contributed by atoms with Crippen molar-refractivity contribution in [1.29, 1.82) is 0 Å². The van der Waals surface area contributed by atoms with E-state index in [1.807, 2.05) is 12.1 Å². The largest absolute Gasteiger partial charge is 0.547 e. The second kappa shape index (κ2) is 12.4. The van der Waals surface area contributed by atoms with Crippen molar-refractivity contribution in [3.8, 4) is 5.75 Å². The fourth-order valence-corrected chi connectivity index (χ4v) is 9.00. The Morgan fingerprint density at radius 2 is 1.78 bits per heavy atom. The summed E-state index contributed by atoms with van der Waals surface area (Å²) in [5, 5.41) is 0.826. The Kier molecular flexibility index (Phi) is 9.44. The van der Waals surface area contributed by atoms with Crippen LogP contribution in [0.1, 0.15) is 63.6 Å². The Labute approximate surface area is 230 Å². The predicted molar refractivity (Wildman–Crippen MR) is 156 cm³/mol. The van der Waals surface area contributed by atoms with E-state index in [0.29, 0.717) is 12.5 Å². The van der Waals surface area contributed by atoms with Crippen LogP contribution in [0.2, 0.25) is 23.2 Å². The van der Waals surface area contributed by atoms with E-state index in [9.17, 15) is 0 Å². The van der Waals surface area contributed by atoms with E-state index in [1.165, 1.54) is 40.6 Å². The number of fused-ring (bicyclic) bond motifs is 2. The molecular weight excluding hydrogens is 498 g/mol. The van der Waals surface area contributed by atoms with Crippen molar-refractivity contribution in [2.24, 2.45) is 5.92 Å². The van der Waals surface area contributed by atoms with Crippen LogP contribution in [-0.2, 0) is 27.9 Å². The van der Waals surface area contributed by atoms with Gasteiger partial charge in [0.2, 0.25) is 8.32 Å². The molecule has 0 radical (unpaired) electrons. The maximum Gasteiger partial charge on any atom is 0.250 e. The van der Waals surface area contributed by atoms with Crippen LogP contribution in [0.5, 0.6) is 5.75 Å². The van der Waals surface area contributed by atoms with Gasteiger partial charge in [0.05, 0.1) is 31.6 Å². The highest BCUT2D eigenvalue weighted by Crippen LogP contribution is 2.49. The summed E-state index contributed by atoms with van der Waals surface area (Å²) in [6.07, 6.45) is 5.51. The van der Waals surface area contributed by atoms with E-state index in [4.69, 9.17) is 25.5 Å². The van der Waals surface area contributed by atoms with E-state index in [2.05, 4.69) is 69.0 Å². The number of hydrogen-bond donors (Lipinski definition) is 0. The van der Waals surface area contributed by atoms with Gasteiger partial charge in [-0.25, -0.2) is 0 Å². The number of halogens is 1. The second-order valence-corrected chi connectivity index (χ2v) is 16.0. The minimum Gasteiger partial charge on any atom is -0.547 e. The first-order valence-electron chi connectivity index (χ1n) is 14.0. The maximum atomic E-state index is 6.79. The van der Waals surface area contributed by atoms with Crippen LogP contribution in [0, 0.1) is 5.92 Å². The summed E-state index contributed by atoms with van der Waals surface area (Å²) in [4.78, 5) is 2.69. The average Bonchev–Trinajstić information content (AvgIpc) is 3.20. The molecule has 4 rings (SSSR count). The van der Waals surface area contributed by atoms with Crippen LogP contribution in [0.25, 0.3) is 0 Å². The van der Waals surface area contributed by atoms with Crippen LogP contribution in [0.3, 0.4) is 0 Å². The van der Waals surface area contributed by atoms with Gasteiger partial charge in [0.25, 0.3) is 0 Å². The van der Waals surface area contributed by atoms with Gasteiger partial charge in [-0.1, -0.05) is 57.5 Å². The summed E-state index contributed by atoms with van der Waals surface area (Å²) >= 11 is 6.42. The SMILES string of the molecule is CC[Si](CC)(CC)OC1=CCC2(CC1)c1ccc(Cl)cc1CN2C[C@@H](C)COCc1ccc(OC)cc1. The molecule has 2 aromatic carbocycles. The molecule has 1 spiro atoms. The van der Waals surface area contributed by atoms with Gasteiger partial charge >= 0.3 is 0 Å². The number of benzene rings is 2. The molecule has 2 atom stereocenters. The highest BCUT2D eigenvalue weighted by molar-refractivity contribution is 6.73. The van der Waals surface area contributed by atoms with Gasteiger partial charge in [-0.05, 0) is 83.9 Å². The number of methoxy groups -OCH3 is 1. The van der Waals surface area contributed by atoms with Crippen molar-refractivity contribution in [2.75, 3.05) is 20.3 Å². The first-order chi connectivity index (χ1) is 17.9. The highest BCUT2D eigenvalue weighted by Gasteiger charge is 2.46. The van der Waals surface area contributed by atoms with E-state index in [1.54, 1.807) is 7.11 Å². The van der Waals surface area contributed by atoms with Gasteiger partial charge in [-0.3, -0.25) is 4.90 Å². The molecule has 0 aromatic heterocycles. The lowest BCUT2D eigenvalue weighted by molar-refractivity contribution is 0.0330. The summed E-state index contributed by atoms with van der Waals surface area (Å²) < 4.78 is 18.2. The molecule has 0 N–H and O–H groups in total. The van der Waals surface area contributed by atoms with Gasteiger partial charge in [0.1, 0.15) is 5.75 Å². The molecule has 0 bridgehead atoms. The standard InChI is InChI=1S/C31H44ClNO3Si/c1-6-37(7-2,8-3)36-29-15-17-31(18-16-29)30-14-11-27(32)19-26(30)21-33(31)20-24(4)22-35-23-25-9-12-28(34-5)13-10-25/h9-15,19,24H,6-8,16-18,20-23H2,1-5H3/t24-,31?/m1/s1. The van der Waals surface area contributed by atoms with Crippen LogP contribution in [0.4, 0.5) is 0 Å². The zero-order chi connectivity index (χ0) is 26.5. The molecule has 6 heteroatoms. The first kappa shape index (κ1) is 28.2. The van der Waals surface area contributed by atoms with Crippen LogP contribution >= 0.6 is 11.6 Å². The zero-order valence-electron chi connectivity index (χ0n) is 23.3. The van der Waals surface area contributed by atoms with Crippen molar-refractivity contribution in [2.45, 2.75) is 83.8 Å². The fourth-order valence-electron chi connectivity index (χ4n) is 6.13. The summed E-state index contributed by atoms with van der Waals surface area (Å²) in [5.74, 6) is 2.53. The Bertz CT molecular complexity index is 1060. The normalized spacial score (nSPS) is 20.5. The third-order valence-electron chi connectivity index (χ3n) is 8.63. The van der Waals surface area contributed by atoms with Crippen LogP contribution in [0.15, 0.2) is 54.3 Å². The minimum absolute atomic E-state index is 0.0197. The monoisotopic (exact) mass is 541 g/mol. The smallest absolute Gasteiger partial charge is 0.250 e. The predicted octanol–water partition coefficient (Wildman–Crippen LogP) is 8.30. The molecule has 1 aliphatic heterocycles. The van der Waals surface area contributed by atoms with Gasteiger partial charge < -0.3 is 13.9 Å². The third-order valence-corrected chi connectivity index (χ3v) is 13.4. The summed E-state index contributed by atoms with van der Waals surface area (Å²) in [7, 11) is 0.0419. The molecule has 1 aliphatic carbocycles. The van der Waals surface area contributed by atoms with E-state index in [-0.39, 0.29) is 5.54 Å². The Balaban J connectivity index is 1.44. The Morgan fingerprint density at radius 3 is 2.41 bits per heavy atom. The molecule has 1 heterocycles. The second-order valence-electron chi connectivity index (χ2n) is 10.9. The number of nitrogens with zero attached hydrogens (tertiary/aromatic N) is 1. The van der Waals surface area contributed by atoms with Gasteiger partial charge in [-0.15, -0.1) is 0 Å². The summed E-state index contributed by atoms with van der Waals surface area (Å²) in [6.45, 7) is 12.5. The summed E-state index contributed by atoms with van der Waals surface area (Å²) in [6, 6.07) is 18.2. The van der Waals surface area contributed by atoms with Crippen molar-refractivity contribution in [1.82, 2.24) is 4.90 Å². The van der Waals surface area contributed by atoms with Gasteiger partial charge in [0.15, 0.2) is 0 Å². The van der Waals surface area contributed by atoms with Crippen LogP contribution in [-0.4, -0.2) is 33.5 Å². The molecule has 0 fully saturated rings. The number of rotatable bonds is 12. The summed E-state index contributed by atoms with van der Waals surface area (Å²) in [5.41, 5.74) is 4.01. The number of allylic oxidation sites excluding steroid dienone is 1. The molecule has 37 heavy (non-hydrogen) atoms. The number of ether oxygens (including phenoxy) is 2. The molecule has 0 saturated heterocycles. The zero-order valence-corrected chi connectivity index (χ0v) is 25.1. The minimum atomic E-state index is -1.65. The third kappa shape index (κ3) is 6.27. The van der Waals surface area contributed by atoms with E-state index in [0.717, 1.165) is 49.7 Å². The van der Waals surface area contributed by atoms with Crippen LogP contribution < -0.4 is 4.74 Å². The first-order valence-corrected chi connectivity index (χ1v) is 16.9. The van der Waals surface area contributed by atoms with Crippen molar-refractivity contribution >= 4 is 19.9 Å². The fraction of sp³-hybridized carbons (Fsp3) is 0.548. The topological polar surface area (TPSA) is 30.9 Å². The molecular formula is C31H44ClNO3Si. The molecule has 0 amide bonds. The van der Waals surface area contributed by atoms with Gasteiger partial charge in [0, 0.05) is 24.5 Å². The lowest BCUT2D eigenvalue weighted by Crippen LogP contribution is -2.45. The number of hydrogen-bond acceptors (Lipinski definition) is 4. The lowest BCUT2D eigenvalue weighted by atomic mass is 9.78. The maximum absolute atomic E-state index is 6.79. The molecule has 4 nitrogen and oxygen atoms in total. The van der Waals surface area contributed by atoms with Crippen molar-refractivity contribution in [3.05, 3.63) is 76.0 Å². The lowest BCUT2D eigenvalue weighted by Gasteiger charge is -2.43. The quantitative estimate of drug-likeness (QED) is 0.253.